The van der Waals surface area contributed by atoms with Crippen LogP contribution in [0.1, 0.15) is 11.1 Å². The molecule has 0 atom stereocenters. The van der Waals surface area contributed by atoms with Crippen molar-refractivity contribution in [2.45, 2.75) is 6.92 Å². The molecule has 0 saturated carbocycles. The second-order valence-corrected chi connectivity index (χ2v) is 5.21. The van der Waals surface area contributed by atoms with Gasteiger partial charge in [0.15, 0.2) is 0 Å². The Morgan fingerprint density at radius 3 is 2.60 bits per heavy atom. The van der Waals surface area contributed by atoms with Gasteiger partial charge in [-0.3, -0.25) is 4.79 Å². The highest BCUT2D eigenvalue weighted by Crippen LogP contribution is 2.15. The van der Waals surface area contributed by atoms with Crippen LogP contribution in [0.15, 0.2) is 53.6 Å². The molecule has 0 heterocycles. The van der Waals surface area contributed by atoms with Crippen molar-refractivity contribution >= 4 is 23.8 Å². The Labute approximate surface area is 145 Å². The molecule has 0 bridgehead atoms. The molecule has 0 radical (unpaired) electrons. The number of carboxylic acid groups (broad SMARTS) is 1. The molecule has 7 nitrogen and oxygen atoms in total. The number of carbonyl (C=O) groups is 2. The number of rotatable bonds is 8. The van der Waals surface area contributed by atoms with Crippen molar-refractivity contribution in [3.8, 4) is 5.75 Å². The van der Waals surface area contributed by atoms with E-state index in [0.29, 0.717) is 11.3 Å². The van der Waals surface area contributed by atoms with Crippen LogP contribution in [0.3, 0.4) is 0 Å². The molecule has 0 fully saturated rings. The van der Waals surface area contributed by atoms with Crippen LogP contribution in [-0.4, -0.2) is 31.2 Å². The molecule has 1 amide bonds. The van der Waals surface area contributed by atoms with Crippen molar-refractivity contribution in [3.63, 3.8) is 0 Å². The van der Waals surface area contributed by atoms with Crippen LogP contribution in [-0.2, 0) is 9.59 Å². The van der Waals surface area contributed by atoms with Gasteiger partial charge in [0.25, 0.3) is 5.91 Å². The smallest absolute Gasteiger partial charge is 0.259 e. The van der Waals surface area contributed by atoms with Crippen molar-refractivity contribution in [1.29, 1.82) is 0 Å². The molecule has 2 N–H and O–H groups in total. The van der Waals surface area contributed by atoms with Crippen LogP contribution < -0.4 is 20.6 Å². The van der Waals surface area contributed by atoms with Gasteiger partial charge in [-0.1, -0.05) is 29.8 Å². The van der Waals surface area contributed by atoms with Crippen LogP contribution >= 0.6 is 0 Å². The van der Waals surface area contributed by atoms with Gasteiger partial charge in [-0.15, -0.1) is 0 Å². The number of aryl methyl sites for hydroxylation is 1. The monoisotopic (exact) mass is 340 g/mol. The average molecular weight is 340 g/mol. The molecule has 2 aromatic carbocycles. The zero-order chi connectivity index (χ0) is 18.1. The summed E-state index contributed by atoms with van der Waals surface area (Å²) in [5, 5.41) is 17.3. The molecular formula is C18H18N3O4-. The van der Waals surface area contributed by atoms with Crippen LogP contribution in [0, 0.1) is 6.92 Å². The number of carboxylic acids is 1. The van der Waals surface area contributed by atoms with E-state index in [-0.39, 0.29) is 12.5 Å². The summed E-state index contributed by atoms with van der Waals surface area (Å²) in [6, 6.07) is 14.4. The highest BCUT2D eigenvalue weighted by molar-refractivity contribution is 5.86. The van der Waals surface area contributed by atoms with Gasteiger partial charge in [0.2, 0.25) is 0 Å². The number of ether oxygens (including phenoxy) is 1. The maximum atomic E-state index is 11.8. The summed E-state index contributed by atoms with van der Waals surface area (Å²) in [4.78, 5) is 22.2. The fraction of sp³-hybridized carbons (Fsp3) is 0.167. The van der Waals surface area contributed by atoms with E-state index >= 15 is 0 Å². The van der Waals surface area contributed by atoms with Crippen LogP contribution in [0.25, 0.3) is 0 Å². The van der Waals surface area contributed by atoms with Crippen molar-refractivity contribution in [2.75, 3.05) is 18.5 Å². The van der Waals surface area contributed by atoms with Gasteiger partial charge in [-0.05, 0) is 31.2 Å². The van der Waals surface area contributed by atoms with Crippen molar-refractivity contribution < 1.29 is 19.4 Å². The third-order valence-corrected chi connectivity index (χ3v) is 3.16. The third kappa shape index (κ3) is 6.34. The van der Waals surface area contributed by atoms with Gasteiger partial charge in [-0.25, -0.2) is 5.43 Å². The summed E-state index contributed by atoms with van der Waals surface area (Å²) >= 11 is 0. The highest BCUT2D eigenvalue weighted by Gasteiger charge is 2.02. The minimum atomic E-state index is -1.32. The Hall–Kier alpha value is -3.35. The summed E-state index contributed by atoms with van der Waals surface area (Å²) in [6.45, 7) is 1.50. The summed E-state index contributed by atoms with van der Waals surface area (Å²) in [7, 11) is 0. The first-order valence-corrected chi connectivity index (χ1v) is 7.59. The van der Waals surface area contributed by atoms with Gasteiger partial charge in [-0.2, -0.15) is 5.10 Å². The number of nitrogens with one attached hydrogen (secondary N) is 2. The van der Waals surface area contributed by atoms with Crippen LogP contribution in [0.2, 0.25) is 0 Å². The zero-order valence-electron chi connectivity index (χ0n) is 13.7. The van der Waals surface area contributed by atoms with E-state index < -0.39 is 12.6 Å². The summed E-state index contributed by atoms with van der Waals surface area (Å²) in [5.41, 5.74) is 4.90. The van der Waals surface area contributed by atoms with Crippen LogP contribution in [0.5, 0.6) is 5.75 Å². The lowest BCUT2D eigenvalue weighted by Crippen LogP contribution is -2.29. The fourth-order valence-electron chi connectivity index (χ4n) is 1.92. The first-order valence-electron chi connectivity index (χ1n) is 7.59. The molecule has 0 saturated heterocycles. The van der Waals surface area contributed by atoms with E-state index in [9.17, 15) is 14.7 Å². The maximum absolute atomic E-state index is 11.8. The predicted octanol–water partition coefficient (Wildman–Crippen LogP) is 0.686. The summed E-state index contributed by atoms with van der Waals surface area (Å²) < 4.78 is 5.09. The SMILES string of the molecule is Cc1ccc(NCC(=O)N/N=C/c2ccccc2OCC(=O)[O-])cc1. The summed E-state index contributed by atoms with van der Waals surface area (Å²) in [6.07, 6.45) is 1.38. The van der Waals surface area contributed by atoms with E-state index in [1.807, 2.05) is 31.2 Å². The Kier molecular flexibility index (Phi) is 6.53. The molecule has 130 valence electrons. The molecular weight excluding hydrogens is 322 g/mol. The quantitative estimate of drug-likeness (QED) is 0.543. The Morgan fingerprint density at radius 2 is 1.88 bits per heavy atom. The zero-order valence-corrected chi connectivity index (χ0v) is 13.7. The van der Waals surface area contributed by atoms with E-state index in [0.717, 1.165) is 11.3 Å². The first kappa shape index (κ1) is 18.0. The maximum Gasteiger partial charge on any atom is 0.259 e. The lowest BCUT2D eigenvalue weighted by Gasteiger charge is -2.09. The first-order chi connectivity index (χ1) is 12.0. The minimum absolute atomic E-state index is 0.0727. The second kappa shape index (κ2) is 9.07. The van der Waals surface area contributed by atoms with Gasteiger partial charge in [0.05, 0.1) is 18.7 Å². The highest BCUT2D eigenvalue weighted by atomic mass is 16.5. The minimum Gasteiger partial charge on any atom is -0.546 e. The van der Waals surface area contributed by atoms with Gasteiger partial charge >= 0.3 is 0 Å². The van der Waals surface area contributed by atoms with Gasteiger partial charge in [0, 0.05) is 11.3 Å². The van der Waals surface area contributed by atoms with Gasteiger partial charge < -0.3 is 20.0 Å². The number of hydrazone groups is 1. The number of aliphatic carboxylic acids is 1. The Morgan fingerprint density at radius 1 is 1.16 bits per heavy atom. The standard InChI is InChI=1S/C18H19N3O4/c1-13-6-8-15(9-7-13)19-11-17(22)21-20-10-14-4-2-3-5-16(14)25-12-18(23)24/h2-10,19H,11-12H2,1H3,(H,21,22)(H,23,24)/p-1/b20-10+. The summed E-state index contributed by atoms with van der Waals surface area (Å²) in [5.74, 6) is -1.30. The predicted molar refractivity (Wildman–Crippen MR) is 92.3 cm³/mol. The number of hydrogen-bond donors (Lipinski definition) is 2. The number of para-hydroxylation sites is 1. The molecule has 0 spiro atoms. The molecule has 25 heavy (non-hydrogen) atoms. The van der Waals surface area contributed by atoms with E-state index in [4.69, 9.17) is 4.74 Å². The number of nitrogens with zero attached hydrogens (tertiary/aromatic N) is 1. The molecule has 0 aliphatic carbocycles. The molecule has 0 aliphatic rings. The normalized spacial score (nSPS) is 10.4. The topological polar surface area (TPSA) is 103 Å². The van der Waals surface area contributed by atoms with Crippen molar-refractivity contribution in [1.82, 2.24) is 5.43 Å². The molecule has 0 unspecified atom stereocenters. The number of anilines is 1. The molecule has 2 rings (SSSR count). The largest absolute Gasteiger partial charge is 0.546 e. The third-order valence-electron chi connectivity index (χ3n) is 3.16. The number of benzene rings is 2. The van der Waals surface area contributed by atoms with E-state index in [1.54, 1.807) is 24.3 Å². The number of amides is 1. The lowest BCUT2D eigenvalue weighted by atomic mass is 10.2. The molecule has 0 aromatic heterocycles. The van der Waals surface area contributed by atoms with Gasteiger partial charge in [0.1, 0.15) is 12.4 Å². The van der Waals surface area contributed by atoms with Crippen molar-refractivity contribution in [2.24, 2.45) is 5.10 Å². The Balaban J connectivity index is 1.84. The van der Waals surface area contributed by atoms with E-state index in [1.165, 1.54) is 6.21 Å². The van der Waals surface area contributed by atoms with Crippen molar-refractivity contribution in [3.05, 3.63) is 59.7 Å². The van der Waals surface area contributed by atoms with Crippen LogP contribution in [0.4, 0.5) is 5.69 Å². The molecule has 7 heteroatoms. The second-order valence-electron chi connectivity index (χ2n) is 5.21. The average Bonchev–Trinajstić information content (AvgIpc) is 2.60. The number of hydrogen-bond acceptors (Lipinski definition) is 6. The number of carbonyl (C=O) groups excluding carboxylic acids is 2. The fourth-order valence-corrected chi connectivity index (χ4v) is 1.92. The molecule has 2 aromatic rings. The van der Waals surface area contributed by atoms with E-state index in [2.05, 4.69) is 15.8 Å². The lowest BCUT2D eigenvalue weighted by molar-refractivity contribution is -0.307. The Bertz CT molecular complexity index is 757. The molecule has 0 aliphatic heterocycles.